The zero-order chi connectivity index (χ0) is 18.6. The van der Waals surface area contributed by atoms with E-state index in [4.69, 9.17) is 16.7 Å². The first-order chi connectivity index (χ1) is 13.3. The van der Waals surface area contributed by atoms with Crippen LogP contribution in [-0.4, -0.2) is 39.7 Å². The second-order valence-corrected chi connectivity index (χ2v) is 7.40. The molecule has 1 aromatic carbocycles. The number of aromatic amines is 1. The molecule has 27 heavy (non-hydrogen) atoms. The summed E-state index contributed by atoms with van der Waals surface area (Å²) in [7, 11) is 0. The Hall–Kier alpha value is -2.43. The summed E-state index contributed by atoms with van der Waals surface area (Å²) in [5.41, 5.74) is 5.60. The quantitative estimate of drug-likeness (QED) is 0.624. The maximum atomic E-state index is 6.07. The fraction of sp³-hybridized carbons (Fsp3) is 0.273. The van der Waals surface area contributed by atoms with E-state index in [1.807, 2.05) is 42.7 Å². The number of piperidine rings is 1. The van der Waals surface area contributed by atoms with Crippen molar-refractivity contribution < 1.29 is 0 Å². The number of nitrogens with one attached hydrogen (secondary N) is 1. The van der Waals surface area contributed by atoms with E-state index in [0.29, 0.717) is 5.92 Å². The molecule has 0 bridgehead atoms. The Morgan fingerprint density at radius 2 is 1.78 bits per heavy atom. The monoisotopic (exact) mass is 378 g/mol. The van der Waals surface area contributed by atoms with Crippen LogP contribution in [0.2, 0.25) is 5.02 Å². The molecule has 2 aromatic heterocycles. The molecule has 4 rings (SSSR count). The molecule has 1 aliphatic heterocycles. The van der Waals surface area contributed by atoms with Crippen molar-refractivity contribution in [3.05, 3.63) is 72.2 Å². The van der Waals surface area contributed by atoms with E-state index in [1.54, 1.807) is 0 Å². The van der Waals surface area contributed by atoms with Crippen LogP contribution in [0, 0.1) is 0 Å². The van der Waals surface area contributed by atoms with Gasteiger partial charge in [-0.3, -0.25) is 15.0 Å². The highest BCUT2D eigenvalue weighted by molar-refractivity contribution is 6.30. The van der Waals surface area contributed by atoms with Gasteiger partial charge in [-0.2, -0.15) is 5.10 Å². The third kappa shape index (κ3) is 3.82. The molecule has 4 nitrogen and oxygen atoms in total. The van der Waals surface area contributed by atoms with Gasteiger partial charge >= 0.3 is 0 Å². The lowest BCUT2D eigenvalue weighted by atomic mass is 9.88. The summed E-state index contributed by atoms with van der Waals surface area (Å²) in [6, 6.07) is 12.0. The second kappa shape index (κ2) is 8.07. The summed E-state index contributed by atoms with van der Waals surface area (Å²) in [6.07, 6.45) is 7.90. The van der Waals surface area contributed by atoms with Crippen LogP contribution in [0.15, 0.2) is 61.4 Å². The first-order valence-corrected chi connectivity index (χ1v) is 9.72. The second-order valence-electron chi connectivity index (χ2n) is 6.97. The molecule has 0 aliphatic carbocycles. The van der Waals surface area contributed by atoms with Gasteiger partial charge < -0.3 is 0 Å². The van der Waals surface area contributed by atoms with Gasteiger partial charge in [-0.1, -0.05) is 29.8 Å². The minimum absolute atomic E-state index is 0.475. The minimum atomic E-state index is 0.475. The summed E-state index contributed by atoms with van der Waals surface area (Å²) in [6.45, 7) is 6.99. The van der Waals surface area contributed by atoms with Crippen LogP contribution in [0.5, 0.6) is 0 Å². The van der Waals surface area contributed by atoms with E-state index in [9.17, 15) is 0 Å². The van der Waals surface area contributed by atoms with Gasteiger partial charge in [0, 0.05) is 46.7 Å². The Bertz CT molecular complexity index is 894. The van der Waals surface area contributed by atoms with Gasteiger partial charge in [0.2, 0.25) is 0 Å². The first kappa shape index (κ1) is 18.0. The van der Waals surface area contributed by atoms with Crippen molar-refractivity contribution in [2.24, 2.45) is 0 Å². The van der Waals surface area contributed by atoms with Crippen LogP contribution in [0.3, 0.4) is 0 Å². The van der Waals surface area contributed by atoms with Gasteiger partial charge in [-0.05, 0) is 55.8 Å². The molecule has 0 spiro atoms. The van der Waals surface area contributed by atoms with Gasteiger partial charge in [0.25, 0.3) is 0 Å². The summed E-state index contributed by atoms with van der Waals surface area (Å²) in [5.74, 6) is 0.475. The zero-order valence-electron chi connectivity index (χ0n) is 15.2. The molecule has 1 aliphatic rings. The molecule has 0 saturated carbocycles. The highest BCUT2D eigenvalue weighted by Crippen LogP contribution is 2.39. The third-order valence-corrected chi connectivity index (χ3v) is 5.52. The molecule has 1 fully saturated rings. The Balaban J connectivity index is 1.72. The van der Waals surface area contributed by atoms with Crippen molar-refractivity contribution in [3.63, 3.8) is 0 Å². The number of rotatable bonds is 5. The van der Waals surface area contributed by atoms with Crippen LogP contribution in [-0.2, 0) is 0 Å². The number of hydrogen-bond donors (Lipinski definition) is 1. The average molecular weight is 379 g/mol. The molecule has 5 heteroatoms. The molecular weight excluding hydrogens is 356 g/mol. The van der Waals surface area contributed by atoms with E-state index < -0.39 is 0 Å². The number of pyridine rings is 1. The lowest BCUT2D eigenvalue weighted by Crippen LogP contribution is -2.33. The molecule has 3 aromatic rings. The van der Waals surface area contributed by atoms with Crippen molar-refractivity contribution in [1.29, 1.82) is 0 Å². The van der Waals surface area contributed by atoms with Gasteiger partial charge in [0.1, 0.15) is 5.69 Å². The number of halogens is 1. The molecule has 1 N–H and O–H groups in total. The summed E-state index contributed by atoms with van der Waals surface area (Å²) >= 11 is 6.07. The van der Waals surface area contributed by atoms with Gasteiger partial charge in [0.05, 0.1) is 0 Å². The SMILES string of the molecule is C=CCN1CCC(c2[nH]nc(-c3ccc(Cl)cc3)c2-c2ccncc2)CC1. The summed E-state index contributed by atoms with van der Waals surface area (Å²) in [5, 5.41) is 8.80. The smallest absolute Gasteiger partial charge is 0.100 e. The molecule has 0 amide bonds. The van der Waals surface area contributed by atoms with Gasteiger partial charge in [0.15, 0.2) is 0 Å². The van der Waals surface area contributed by atoms with E-state index in [1.165, 1.54) is 11.3 Å². The molecule has 3 heterocycles. The highest BCUT2D eigenvalue weighted by Gasteiger charge is 2.26. The number of aromatic nitrogens is 3. The predicted octanol–water partition coefficient (Wildman–Crippen LogP) is 5.16. The van der Waals surface area contributed by atoms with Crippen molar-refractivity contribution in [2.75, 3.05) is 19.6 Å². The molecular formula is C22H23ClN4. The number of benzene rings is 1. The third-order valence-electron chi connectivity index (χ3n) is 5.26. The molecule has 0 atom stereocenters. The fourth-order valence-corrected chi connectivity index (χ4v) is 3.99. The van der Waals surface area contributed by atoms with Crippen molar-refractivity contribution in [2.45, 2.75) is 18.8 Å². The first-order valence-electron chi connectivity index (χ1n) is 9.34. The highest BCUT2D eigenvalue weighted by atomic mass is 35.5. The topological polar surface area (TPSA) is 44.8 Å². The van der Waals surface area contributed by atoms with E-state index in [0.717, 1.165) is 54.3 Å². The maximum Gasteiger partial charge on any atom is 0.100 e. The van der Waals surface area contributed by atoms with Crippen LogP contribution in [0.25, 0.3) is 22.4 Å². The lowest BCUT2D eigenvalue weighted by Gasteiger charge is -2.31. The normalized spacial score (nSPS) is 15.7. The fourth-order valence-electron chi connectivity index (χ4n) is 3.87. The van der Waals surface area contributed by atoms with Crippen LogP contribution in [0.1, 0.15) is 24.5 Å². The van der Waals surface area contributed by atoms with E-state index >= 15 is 0 Å². The number of H-pyrrole nitrogens is 1. The van der Waals surface area contributed by atoms with E-state index in [-0.39, 0.29) is 0 Å². The molecule has 138 valence electrons. The average Bonchev–Trinajstić information content (AvgIpc) is 3.15. The van der Waals surface area contributed by atoms with E-state index in [2.05, 4.69) is 33.7 Å². The lowest BCUT2D eigenvalue weighted by molar-refractivity contribution is 0.231. The maximum absolute atomic E-state index is 6.07. The Kier molecular flexibility index (Phi) is 5.37. The zero-order valence-corrected chi connectivity index (χ0v) is 16.0. The Morgan fingerprint density at radius 1 is 1.07 bits per heavy atom. The predicted molar refractivity (Wildman–Crippen MR) is 111 cm³/mol. The number of nitrogens with zero attached hydrogens (tertiary/aromatic N) is 3. The molecule has 1 saturated heterocycles. The van der Waals surface area contributed by atoms with Crippen molar-refractivity contribution in [3.8, 4) is 22.4 Å². The molecule has 0 unspecified atom stereocenters. The van der Waals surface area contributed by atoms with Crippen molar-refractivity contribution >= 4 is 11.6 Å². The van der Waals surface area contributed by atoms with Crippen molar-refractivity contribution in [1.82, 2.24) is 20.1 Å². The largest absolute Gasteiger partial charge is 0.300 e. The van der Waals surface area contributed by atoms with Crippen LogP contribution in [0.4, 0.5) is 0 Å². The standard InChI is InChI=1S/C22H23ClN4/c1-2-13-27-14-9-18(10-15-27)22-20(16-7-11-24-12-8-16)21(25-26-22)17-3-5-19(23)6-4-17/h2-8,11-12,18H,1,9-10,13-15H2,(H,25,26). The number of hydrogen-bond acceptors (Lipinski definition) is 3. The van der Waals surface area contributed by atoms with Crippen LogP contribution >= 0.6 is 11.6 Å². The summed E-state index contributed by atoms with van der Waals surface area (Å²) < 4.78 is 0. The minimum Gasteiger partial charge on any atom is -0.300 e. The number of likely N-dealkylation sites (tertiary alicyclic amines) is 1. The summed E-state index contributed by atoms with van der Waals surface area (Å²) in [4.78, 5) is 6.63. The van der Waals surface area contributed by atoms with Gasteiger partial charge in [-0.15, -0.1) is 6.58 Å². The Morgan fingerprint density at radius 3 is 2.44 bits per heavy atom. The Labute approximate surface area is 164 Å². The molecule has 0 radical (unpaired) electrons. The van der Waals surface area contributed by atoms with Gasteiger partial charge in [-0.25, -0.2) is 0 Å². The van der Waals surface area contributed by atoms with Crippen LogP contribution < -0.4 is 0 Å².